The molecule has 0 bridgehead atoms. The normalized spacial score (nSPS) is 13.3. The molecule has 1 heterocycles. The monoisotopic (exact) mass is 357 g/mol. The molecule has 9 heteroatoms. The third kappa shape index (κ3) is 5.12. The fourth-order valence-electron chi connectivity index (χ4n) is 1.50. The van der Waals surface area contributed by atoms with E-state index in [0.717, 1.165) is 0 Å². The summed E-state index contributed by atoms with van der Waals surface area (Å²) in [5, 5.41) is 6.45. The van der Waals surface area contributed by atoms with Gasteiger partial charge in [-0.1, -0.05) is 6.92 Å². The minimum Gasteiger partial charge on any atom is -0.384 e. The average molecular weight is 358 g/mol. The molecule has 114 valence electrons. The molecule has 1 atom stereocenters. The highest BCUT2D eigenvalue weighted by molar-refractivity contribution is 9.10. The van der Waals surface area contributed by atoms with Crippen molar-refractivity contribution >= 4 is 21.6 Å². The van der Waals surface area contributed by atoms with Crippen LogP contribution in [0.3, 0.4) is 0 Å². The Bertz CT molecular complexity index is 505. The van der Waals surface area contributed by atoms with Gasteiger partial charge in [-0.25, -0.2) is 4.68 Å². The highest BCUT2D eigenvalue weighted by Crippen LogP contribution is 2.19. The van der Waals surface area contributed by atoms with E-state index in [2.05, 4.69) is 26.3 Å². The van der Waals surface area contributed by atoms with Crippen LogP contribution in [0.1, 0.15) is 6.92 Å². The van der Waals surface area contributed by atoms with Crippen LogP contribution >= 0.6 is 15.9 Å². The third-order valence-electron chi connectivity index (χ3n) is 2.41. The predicted molar refractivity (Wildman–Crippen MR) is 71.8 cm³/mol. The molecule has 0 saturated heterocycles. The van der Waals surface area contributed by atoms with E-state index in [0.29, 0.717) is 23.5 Å². The van der Waals surface area contributed by atoms with E-state index in [9.17, 15) is 18.0 Å². The van der Waals surface area contributed by atoms with Crippen LogP contribution in [0.15, 0.2) is 15.5 Å². The van der Waals surface area contributed by atoms with E-state index in [-0.39, 0.29) is 10.4 Å². The Labute approximate surface area is 122 Å². The summed E-state index contributed by atoms with van der Waals surface area (Å²) in [6.45, 7) is 1.56. The maximum atomic E-state index is 12.2. The number of alkyl halides is 3. The molecular weight excluding hydrogens is 343 g/mol. The predicted octanol–water partition coefficient (Wildman–Crippen LogP) is 2.26. The lowest BCUT2D eigenvalue weighted by molar-refractivity contribution is -0.143. The number of hydrogen-bond acceptors (Lipinski definition) is 4. The molecule has 1 rings (SSSR count). The number of methoxy groups -OCH3 is 1. The molecular formula is C11H15BrF3N3O2. The molecule has 5 nitrogen and oxygen atoms in total. The first-order valence-corrected chi connectivity index (χ1v) is 6.59. The molecule has 0 spiro atoms. The number of halogens is 4. The quantitative estimate of drug-likeness (QED) is 0.848. The van der Waals surface area contributed by atoms with Crippen LogP contribution in [0, 0.1) is 5.92 Å². The van der Waals surface area contributed by atoms with Gasteiger partial charge in [0.1, 0.15) is 11.0 Å². The van der Waals surface area contributed by atoms with Crippen molar-refractivity contribution < 1.29 is 17.9 Å². The zero-order valence-corrected chi connectivity index (χ0v) is 12.6. The highest BCUT2D eigenvalue weighted by atomic mass is 79.9. The van der Waals surface area contributed by atoms with Gasteiger partial charge in [-0.3, -0.25) is 4.79 Å². The van der Waals surface area contributed by atoms with E-state index >= 15 is 0 Å². The molecule has 1 aromatic rings. The van der Waals surface area contributed by atoms with Crippen molar-refractivity contribution in [2.75, 3.05) is 25.6 Å². The van der Waals surface area contributed by atoms with Crippen molar-refractivity contribution in [3.05, 3.63) is 21.0 Å². The first-order chi connectivity index (χ1) is 9.24. The van der Waals surface area contributed by atoms with Crippen molar-refractivity contribution in [3.8, 4) is 0 Å². The van der Waals surface area contributed by atoms with Crippen LogP contribution in [0.4, 0.5) is 18.9 Å². The minimum atomic E-state index is -4.49. The van der Waals surface area contributed by atoms with Crippen molar-refractivity contribution in [2.45, 2.75) is 19.6 Å². The first kappa shape index (κ1) is 17.0. The summed E-state index contributed by atoms with van der Waals surface area (Å²) < 4.78 is 42.1. The second-order valence-electron chi connectivity index (χ2n) is 4.39. The number of rotatable bonds is 6. The number of anilines is 1. The molecule has 0 aromatic carbocycles. The third-order valence-corrected chi connectivity index (χ3v) is 3.17. The Hall–Kier alpha value is -1.09. The summed E-state index contributed by atoms with van der Waals surface area (Å²) in [6.07, 6.45) is -3.30. The van der Waals surface area contributed by atoms with Crippen molar-refractivity contribution in [1.29, 1.82) is 0 Å². The lowest BCUT2D eigenvalue weighted by Gasteiger charge is -2.14. The van der Waals surface area contributed by atoms with Crippen LogP contribution in [0.25, 0.3) is 0 Å². The van der Waals surface area contributed by atoms with Crippen LogP contribution in [-0.2, 0) is 11.3 Å². The summed E-state index contributed by atoms with van der Waals surface area (Å²) in [5.74, 6) is 0.185. The SMILES string of the molecule is COCC(C)CNc1cnn(CC(F)(F)F)c(=O)c1Br. The second kappa shape index (κ2) is 7.07. The summed E-state index contributed by atoms with van der Waals surface area (Å²) in [4.78, 5) is 11.7. The number of ether oxygens (including phenoxy) is 1. The largest absolute Gasteiger partial charge is 0.408 e. The Kier molecular flexibility index (Phi) is 6.00. The number of aromatic nitrogens is 2. The van der Waals surface area contributed by atoms with E-state index in [1.165, 1.54) is 6.20 Å². The van der Waals surface area contributed by atoms with Gasteiger partial charge in [-0.05, 0) is 21.8 Å². The van der Waals surface area contributed by atoms with Gasteiger partial charge in [0.15, 0.2) is 0 Å². The van der Waals surface area contributed by atoms with Gasteiger partial charge in [0.2, 0.25) is 0 Å². The first-order valence-electron chi connectivity index (χ1n) is 5.79. The van der Waals surface area contributed by atoms with Gasteiger partial charge in [-0.15, -0.1) is 0 Å². The van der Waals surface area contributed by atoms with E-state index in [4.69, 9.17) is 4.74 Å². The molecule has 0 saturated carbocycles. The Morgan fingerprint density at radius 3 is 2.75 bits per heavy atom. The van der Waals surface area contributed by atoms with Crippen molar-refractivity contribution in [3.63, 3.8) is 0 Å². The zero-order valence-electron chi connectivity index (χ0n) is 11.0. The Morgan fingerprint density at radius 2 is 2.20 bits per heavy atom. The van der Waals surface area contributed by atoms with Crippen LogP contribution in [-0.4, -0.2) is 36.2 Å². The van der Waals surface area contributed by atoms with Crippen LogP contribution < -0.4 is 10.9 Å². The van der Waals surface area contributed by atoms with Crippen LogP contribution in [0.2, 0.25) is 0 Å². The molecule has 0 amide bonds. The summed E-state index contributed by atoms with van der Waals surface area (Å²) in [7, 11) is 1.58. The summed E-state index contributed by atoms with van der Waals surface area (Å²) in [6, 6.07) is 0. The van der Waals surface area contributed by atoms with Gasteiger partial charge in [0.25, 0.3) is 5.56 Å². The van der Waals surface area contributed by atoms with Gasteiger partial charge >= 0.3 is 6.18 Å². The molecule has 0 radical (unpaired) electrons. The molecule has 1 N–H and O–H groups in total. The van der Waals surface area contributed by atoms with Crippen molar-refractivity contribution in [2.24, 2.45) is 5.92 Å². The second-order valence-corrected chi connectivity index (χ2v) is 5.18. The smallest absolute Gasteiger partial charge is 0.384 e. The number of nitrogens with zero attached hydrogens (tertiary/aromatic N) is 2. The summed E-state index contributed by atoms with van der Waals surface area (Å²) >= 11 is 2.99. The van der Waals surface area contributed by atoms with Crippen LogP contribution in [0.5, 0.6) is 0 Å². The maximum Gasteiger partial charge on any atom is 0.408 e. The summed E-state index contributed by atoms with van der Waals surface area (Å²) in [5.41, 5.74) is -0.469. The molecule has 0 aliphatic carbocycles. The maximum absolute atomic E-state index is 12.2. The molecule has 0 aliphatic rings. The molecule has 1 unspecified atom stereocenters. The minimum absolute atomic E-state index is 0.0290. The molecule has 20 heavy (non-hydrogen) atoms. The van der Waals surface area contributed by atoms with E-state index < -0.39 is 18.3 Å². The Balaban J connectivity index is 2.82. The Morgan fingerprint density at radius 1 is 1.55 bits per heavy atom. The fraction of sp³-hybridized carbons (Fsp3) is 0.636. The fourth-order valence-corrected chi connectivity index (χ4v) is 1.95. The van der Waals surface area contributed by atoms with Gasteiger partial charge < -0.3 is 10.1 Å². The zero-order chi connectivity index (χ0) is 15.3. The average Bonchev–Trinajstić information content (AvgIpc) is 2.33. The van der Waals surface area contributed by atoms with Gasteiger partial charge in [-0.2, -0.15) is 18.3 Å². The molecule has 0 fully saturated rings. The highest BCUT2D eigenvalue weighted by Gasteiger charge is 2.29. The molecule has 1 aromatic heterocycles. The number of hydrogen-bond donors (Lipinski definition) is 1. The lowest BCUT2D eigenvalue weighted by Crippen LogP contribution is -2.31. The van der Waals surface area contributed by atoms with Crippen molar-refractivity contribution in [1.82, 2.24) is 9.78 Å². The van der Waals surface area contributed by atoms with E-state index in [1.807, 2.05) is 6.92 Å². The van der Waals surface area contributed by atoms with Gasteiger partial charge in [0.05, 0.1) is 18.5 Å². The number of nitrogens with one attached hydrogen (secondary N) is 1. The van der Waals surface area contributed by atoms with E-state index in [1.54, 1.807) is 7.11 Å². The lowest BCUT2D eigenvalue weighted by atomic mass is 10.2. The molecule has 0 aliphatic heterocycles. The van der Waals surface area contributed by atoms with Gasteiger partial charge in [0, 0.05) is 13.7 Å². The topological polar surface area (TPSA) is 56.1 Å². The standard InChI is InChI=1S/C11H15BrF3N3O2/c1-7(5-20-2)3-16-8-4-17-18(6-11(13,14)15)10(19)9(8)12/h4,7,16H,3,5-6H2,1-2H3.